The Balaban J connectivity index is 1.81. The van der Waals surface area contributed by atoms with Crippen LogP contribution in [0.15, 0.2) is 29.0 Å². The van der Waals surface area contributed by atoms with E-state index in [0.29, 0.717) is 11.0 Å². The Labute approximate surface area is 120 Å². The van der Waals surface area contributed by atoms with E-state index in [9.17, 15) is 8.78 Å². The van der Waals surface area contributed by atoms with Crippen LogP contribution in [0.5, 0.6) is 0 Å². The van der Waals surface area contributed by atoms with Crippen molar-refractivity contribution in [1.29, 1.82) is 0 Å². The van der Waals surface area contributed by atoms with Crippen molar-refractivity contribution in [1.82, 2.24) is 19.5 Å². The van der Waals surface area contributed by atoms with Crippen LogP contribution in [-0.2, 0) is 5.75 Å². The lowest BCUT2D eigenvalue weighted by Gasteiger charge is -2.06. The number of halogens is 2. The number of nitrogens with two attached hydrogens (primary N) is 1. The lowest BCUT2D eigenvalue weighted by molar-refractivity contribution is 0.0678. The molecule has 0 unspecified atom stereocenters. The highest BCUT2D eigenvalue weighted by molar-refractivity contribution is 7.98. The quantitative estimate of drug-likeness (QED) is 0.592. The fourth-order valence-corrected chi connectivity index (χ4v) is 3.32. The highest BCUT2D eigenvalue weighted by atomic mass is 32.2. The molecule has 2 N–H and O–H groups in total. The van der Waals surface area contributed by atoms with Crippen LogP contribution in [0.25, 0.3) is 10.2 Å². The maximum absolute atomic E-state index is 12.7. The summed E-state index contributed by atoms with van der Waals surface area (Å²) in [6, 6.07) is 1.85. The molecule has 0 aliphatic carbocycles. The average Bonchev–Trinajstić information content (AvgIpc) is 3.04. The van der Waals surface area contributed by atoms with Gasteiger partial charge in [-0.2, -0.15) is 8.78 Å². The molecule has 0 aliphatic heterocycles. The number of thioether (sulfide) groups is 1. The van der Waals surface area contributed by atoms with E-state index in [1.807, 2.05) is 11.4 Å². The molecule has 3 aromatic heterocycles. The molecule has 0 aromatic carbocycles. The number of rotatable bonds is 4. The molecule has 0 spiro atoms. The van der Waals surface area contributed by atoms with Gasteiger partial charge in [-0.05, 0) is 11.4 Å². The van der Waals surface area contributed by atoms with Crippen LogP contribution < -0.4 is 5.73 Å². The van der Waals surface area contributed by atoms with E-state index in [0.717, 1.165) is 14.8 Å². The second-order valence-corrected chi connectivity index (χ2v) is 5.68. The van der Waals surface area contributed by atoms with Gasteiger partial charge in [0.1, 0.15) is 16.5 Å². The second kappa shape index (κ2) is 5.33. The smallest absolute Gasteiger partial charge is 0.319 e. The highest BCUT2D eigenvalue weighted by Gasteiger charge is 2.13. The first kappa shape index (κ1) is 13.3. The molecule has 3 aromatic rings. The molecule has 0 saturated carbocycles. The summed E-state index contributed by atoms with van der Waals surface area (Å²) >= 11 is 2.69. The van der Waals surface area contributed by atoms with Gasteiger partial charge in [-0.3, -0.25) is 4.57 Å². The van der Waals surface area contributed by atoms with Gasteiger partial charge < -0.3 is 5.73 Å². The van der Waals surface area contributed by atoms with E-state index in [4.69, 9.17) is 5.73 Å². The third-order valence-electron chi connectivity index (χ3n) is 2.62. The predicted molar refractivity (Wildman–Crippen MR) is 74.9 cm³/mol. The van der Waals surface area contributed by atoms with Gasteiger partial charge >= 0.3 is 6.55 Å². The van der Waals surface area contributed by atoms with E-state index < -0.39 is 6.55 Å². The number of hydrogen-bond acceptors (Lipinski definition) is 6. The van der Waals surface area contributed by atoms with E-state index in [-0.39, 0.29) is 11.6 Å². The van der Waals surface area contributed by atoms with Crippen molar-refractivity contribution in [2.45, 2.75) is 17.5 Å². The zero-order chi connectivity index (χ0) is 14.1. The Morgan fingerprint density at radius 2 is 2.25 bits per heavy atom. The summed E-state index contributed by atoms with van der Waals surface area (Å²) in [6.45, 7) is -2.60. The lowest BCUT2D eigenvalue weighted by atomic mass is 10.4. The van der Waals surface area contributed by atoms with Gasteiger partial charge in [0.05, 0.1) is 11.1 Å². The fraction of sp³-hybridized carbons (Fsp3) is 0.182. The van der Waals surface area contributed by atoms with Crippen molar-refractivity contribution in [3.8, 4) is 0 Å². The van der Waals surface area contributed by atoms with Crippen LogP contribution in [0.3, 0.4) is 0 Å². The van der Waals surface area contributed by atoms with Crippen LogP contribution in [0.4, 0.5) is 14.6 Å². The van der Waals surface area contributed by atoms with E-state index in [2.05, 4.69) is 15.0 Å². The Morgan fingerprint density at radius 1 is 1.40 bits per heavy atom. The maximum atomic E-state index is 12.7. The molecule has 9 heteroatoms. The fourth-order valence-electron chi connectivity index (χ4n) is 1.68. The van der Waals surface area contributed by atoms with Crippen molar-refractivity contribution in [2.75, 3.05) is 5.73 Å². The number of anilines is 1. The number of thiophene rings is 1. The molecule has 0 radical (unpaired) electrons. The normalized spacial score (nSPS) is 11.6. The van der Waals surface area contributed by atoms with Gasteiger partial charge in [-0.25, -0.2) is 15.0 Å². The first-order valence-corrected chi connectivity index (χ1v) is 7.45. The number of fused-ring (bicyclic) bond motifs is 1. The third-order valence-corrected chi connectivity index (χ3v) is 4.27. The van der Waals surface area contributed by atoms with Crippen molar-refractivity contribution in [3.63, 3.8) is 0 Å². The summed E-state index contributed by atoms with van der Waals surface area (Å²) in [5, 5.41) is 3.16. The first-order chi connectivity index (χ1) is 9.65. The standard InChI is InChI=1S/C11H9F2N5S2/c12-10(13)18-3-2-15-7(18)5-20-11-16-8(14)6-1-4-19-9(6)17-11/h1-4,10H,5H2,(H2,14,16,17). The van der Waals surface area contributed by atoms with Gasteiger partial charge in [0, 0.05) is 12.4 Å². The van der Waals surface area contributed by atoms with Gasteiger partial charge in [-0.15, -0.1) is 11.3 Å². The molecule has 104 valence electrons. The Hall–Kier alpha value is -1.74. The molecule has 5 nitrogen and oxygen atoms in total. The molecule has 3 heterocycles. The predicted octanol–water partition coefficient (Wildman–Crippen LogP) is 3.16. The lowest BCUT2D eigenvalue weighted by Crippen LogP contribution is -2.02. The average molecular weight is 313 g/mol. The van der Waals surface area contributed by atoms with E-state index in [1.165, 1.54) is 35.5 Å². The third kappa shape index (κ3) is 2.46. The Morgan fingerprint density at radius 3 is 3.05 bits per heavy atom. The summed E-state index contributed by atoms with van der Waals surface area (Å²) in [7, 11) is 0. The first-order valence-electron chi connectivity index (χ1n) is 5.58. The molecule has 0 bridgehead atoms. The molecule has 3 rings (SSSR count). The molecule has 0 aliphatic rings. The van der Waals surface area contributed by atoms with Gasteiger partial charge in [0.2, 0.25) is 0 Å². The number of imidazole rings is 1. The molecule has 20 heavy (non-hydrogen) atoms. The summed E-state index contributed by atoms with van der Waals surface area (Å²) in [5.74, 6) is 0.933. The topological polar surface area (TPSA) is 69.6 Å². The number of hydrogen-bond donors (Lipinski definition) is 1. The maximum Gasteiger partial charge on any atom is 0.319 e. The summed E-state index contributed by atoms with van der Waals surface area (Å²) in [4.78, 5) is 13.2. The Kier molecular flexibility index (Phi) is 3.53. The largest absolute Gasteiger partial charge is 0.383 e. The molecule has 0 saturated heterocycles. The number of aromatic nitrogens is 4. The van der Waals surface area contributed by atoms with E-state index in [1.54, 1.807) is 0 Å². The van der Waals surface area contributed by atoms with E-state index >= 15 is 0 Å². The van der Waals surface area contributed by atoms with Crippen LogP contribution in [-0.4, -0.2) is 19.5 Å². The zero-order valence-electron chi connectivity index (χ0n) is 10.0. The van der Waals surface area contributed by atoms with Crippen LogP contribution in [0, 0.1) is 0 Å². The minimum absolute atomic E-state index is 0.258. The van der Waals surface area contributed by atoms with Crippen molar-refractivity contribution < 1.29 is 8.78 Å². The minimum Gasteiger partial charge on any atom is -0.383 e. The number of nitrogens with zero attached hydrogens (tertiary/aromatic N) is 4. The number of nitrogen functional groups attached to an aromatic ring is 1. The summed E-state index contributed by atoms with van der Waals surface area (Å²) in [6.07, 6.45) is 2.60. The second-order valence-electron chi connectivity index (χ2n) is 3.85. The molecule has 0 fully saturated rings. The van der Waals surface area contributed by atoms with Gasteiger partial charge in [0.25, 0.3) is 0 Å². The van der Waals surface area contributed by atoms with Gasteiger partial charge in [0.15, 0.2) is 5.16 Å². The molecular weight excluding hydrogens is 304 g/mol. The Bertz CT molecular complexity index is 739. The minimum atomic E-state index is -2.60. The summed E-state index contributed by atoms with van der Waals surface area (Å²) < 4.78 is 26.2. The van der Waals surface area contributed by atoms with Crippen LogP contribution in [0.2, 0.25) is 0 Å². The van der Waals surface area contributed by atoms with Crippen LogP contribution >= 0.6 is 23.1 Å². The van der Waals surface area contributed by atoms with Crippen molar-refractivity contribution in [3.05, 3.63) is 29.7 Å². The SMILES string of the molecule is Nc1nc(SCc2nccn2C(F)F)nc2sccc12. The van der Waals surface area contributed by atoms with Crippen molar-refractivity contribution >= 4 is 39.1 Å². The number of alkyl halides is 2. The van der Waals surface area contributed by atoms with Crippen molar-refractivity contribution in [2.24, 2.45) is 0 Å². The monoisotopic (exact) mass is 313 g/mol. The highest BCUT2D eigenvalue weighted by Crippen LogP contribution is 2.28. The van der Waals surface area contributed by atoms with Gasteiger partial charge in [-0.1, -0.05) is 11.8 Å². The molecular formula is C11H9F2N5S2. The molecule has 0 atom stereocenters. The molecule has 0 amide bonds. The van der Waals surface area contributed by atoms with Crippen LogP contribution in [0.1, 0.15) is 12.4 Å². The zero-order valence-corrected chi connectivity index (χ0v) is 11.7. The summed E-state index contributed by atoms with van der Waals surface area (Å²) in [5.41, 5.74) is 5.83.